The number of hydrogen-bond donors (Lipinski definition) is 2. The quantitative estimate of drug-likeness (QED) is 0.784. The molecule has 1 unspecified atom stereocenters. The summed E-state index contributed by atoms with van der Waals surface area (Å²) in [6, 6.07) is 2.09. The Bertz CT molecular complexity index is 473. The van der Waals surface area contributed by atoms with Crippen LogP contribution in [0.2, 0.25) is 0 Å². The van der Waals surface area contributed by atoms with Crippen molar-refractivity contribution in [2.75, 3.05) is 0 Å². The molecule has 0 fully saturated rings. The molecule has 0 aliphatic heterocycles. The fourth-order valence-corrected chi connectivity index (χ4v) is 1.44. The van der Waals surface area contributed by atoms with Gasteiger partial charge in [0.15, 0.2) is 12.4 Å². The number of carbonyl (C=O) groups is 2. The number of ether oxygens (including phenoxy) is 1. The number of aliphatic hydroxyl groups is 1. The molecule has 18 heavy (non-hydrogen) atoms. The molecule has 2 N–H and O–H groups in total. The lowest BCUT2D eigenvalue weighted by Crippen LogP contribution is -2.13. The molecule has 0 aromatic heterocycles. The third-order valence-corrected chi connectivity index (χ3v) is 2.27. The molecule has 1 aromatic rings. The molecule has 7 heteroatoms. The van der Waals surface area contributed by atoms with E-state index >= 15 is 0 Å². The van der Waals surface area contributed by atoms with Crippen LogP contribution in [0.15, 0.2) is 12.1 Å². The van der Waals surface area contributed by atoms with E-state index in [0.717, 1.165) is 6.07 Å². The van der Waals surface area contributed by atoms with E-state index in [-0.39, 0.29) is 16.7 Å². The highest BCUT2D eigenvalue weighted by Gasteiger charge is 2.21. The molecule has 0 heterocycles. The molecule has 1 rings (SSSR count). The maximum atomic E-state index is 12.1. The number of hydrogen-bond acceptors (Lipinski definition) is 4. The van der Waals surface area contributed by atoms with Gasteiger partial charge in [0.05, 0.1) is 5.56 Å². The number of aliphatic hydroxyl groups excluding tert-OH is 1. The largest absolute Gasteiger partial charge is 0.479 e. The van der Waals surface area contributed by atoms with E-state index < -0.39 is 24.4 Å². The topological polar surface area (TPSA) is 83.8 Å². The van der Waals surface area contributed by atoms with E-state index in [0.29, 0.717) is 6.29 Å². The van der Waals surface area contributed by atoms with Crippen LogP contribution < -0.4 is 4.74 Å². The minimum absolute atomic E-state index is 0.108. The minimum Gasteiger partial charge on any atom is -0.479 e. The summed E-state index contributed by atoms with van der Waals surface area (Å²) in [6.07, 6.45) is -1.56. The minimum atomic E-state index is -3.15. The molecule has 1 atom stereocenters. The summed E-state index contributed by atoms with van der Waals surface area (Å²) in [4.78, 5) is 21.3. The molecule has 0 aliphatic carbocycles. The number of aliphatic carboxylic acids is 1. The van der Waals surface area contributed by atoms with Crippen molar-refractivity contribution in [3.05, 3.63) is 28.8 Å². The normalized spacial score (nSPS) is 12.3. The van der Waals surface area contributed by atoms with Crippen molar-refractivity contribution in [2.24, 2.45) is 0 Å². The van der Waals surface area contributed by atoms with Crippen LogP contribution in [-0.2, 0) is 4.79 Å². The predicted octanol–water partition coefficient (Wildman–Crippen LogP) is 1.53. The lowest BCUT2D eigenvalue weighted by Gasteiger charge is -2.14. The lowest BCUT2D eigenvalue weighted by atomic mass is 10.00. The Morgan fingerprint density at radius 3 is 2.50 bits per heavy atom. The van der Waals surface area contributed by atoms with E-state index in [1.165, 1.54) is 13.0 Å². The van der Waals surface area contributed by atoms with Gasteiger partial charge in [0.1, 0.15) is 5.75 Å². The van der Waals surface area contributed by atoms with Crippen LogP contribution in [0.5, 0.6) is 5.75 Å². The molecule has 0 saturated heterocycles. The van der Waals surface area contributed by atoms with Gasteiger partial charge in [-0.15, -0.1) is 0 Å². The van der Waals surface area contributed by atoms with E-state index in [1.807, 2.05) is 0 Å². The van der Waals surface area contributed by atoms with Crippen molar-refractivity contribution >= 4 is 12.3 Å². The maximum Gasteiger partial charge on any atom is 0.387 e. The van der Waals surface area contributed by atoms with Crippen LogP contribution in [0, 0.1) is 6.92 Å². The Kier molecular flexibility index (Phi) is 4.33. The number of benzene rings is 1. The van der Waals surface area contributed by atoms with Crippen molar-refractivity contribution in [3.8, 4) is 5.75 Å². The second-order valence-electron chi connectivity index (χ2n) is 3.48. The van der Waals surface area contributed by atoms with E-state index in [2.05, 4.69) is 4.74 Å². The number of rotatable bonds is 5. The molecule has 0 amide bonds. The number of carboxylic acid groups (broad SMARTS) is 1. The molecule has 5 nitrogen and oxygen atoms in total. The van der Waals surface area contributed by atoms with E-state index in [4.69, 9.17) is 5.11 Å². The highest BCUT2D eigenvalue weighted by molar-refractivity contribution is 5.81. The fourth-order valence-electron chi connectivity index (χ4n) is 1.44. The van der Waals surface area contributed by atoms with Gasteiger partial charge in [0, 0.05) is 0 Å². The second-order valence-corrected chi connectivity index (χ2v) is 3.48. The van der Waals surface area contributed by atoms with Crippen molar-refractivity contribution in [1.82, 2.24) is 0 Å². The summed E-state index contributed by atoms with van der Waals surface area (Å²) in [5.74, 6) is -2.00. The van der Waals surface area contributed by atoms with Gasteiger partial charge < -0.3 is 14.9 Å². The number of carbonyl (C=O) groups excluding carboxylic acids is 1. The fraction of sp³-hybridized carbons (Fsp3) is 0.273. The zero-order valence-electron chi connectivity index (χ0n) is 9.26. The number of halogens is 2. The van der Waals surface area contributed by atoms with Crippen LogP contribution in [0.25, 0.3) is 0 Å². The van der Waals surface area contributed by atoms with Gasteiger partial charge in [0.25, 0.3) is 0 Å². The Labute approximate surface area is 101 Å². The first kappa shape index (κ1) is 14.0. The van der Waals surface area contributed by atoms with Gasteiger partial charge in [-0.3, -0.25) is 4.79 Å². The van der Waals surface area contributed by atoms with Crippen LogP contribution in [0.3, 0.4) is 0 Å². The van der Waals surface area contributed by atoms with Crippen molar-refractivity contribution in [1.29, 1.82) is 0 Å². The first-order chi connectivity index (χ1) is 8.36. The van der Waals surface area contributed by atoms with Gasteiger partial charge in [-0.1, -0.05) is 0 Å². The number of aldehydes is 1. The Morgan fingerprint density at radius 1 is 1.44 bits per heavy atom. The highest BCUT2D eigenvalue weighted by atomic mass is 19.3. The standard InChI is InChI=1S/C11H10F2O5/c1-5-2-6(4-14)8(18-11(12)13)3-7(5)9(15)10(16)17/h2-4,9,11,15H,1H3,(H,16,17). The zero-order valence-corrected chi connectivity index (χ0v) is 9.26. The van der Waals surface area contributed by atoms with Crippen LogP contribution in [-0.4, -0.2) is 29.1 Å². The van der Waals surface area contributed by atoms with Gasteiger partial charge in [-0.05, 0) is 30.2 Å². The SMILES string of the molecule is Cc1cc(C=O)c(OC(F)F)cc1C(O)C(=O)O. The summed E-state index contributed by atoms with van der Waals surface area (Å²) in [5, 5.41) is 18.0. The van der Waals surface area contributed by atoms with E-state index in [9.17, 15) is 23.5 Å². The lowest BCUT2D eigenvalue weighted by molar-refractivity contribution is -0.147. The van der Waals surface area contributed by atoms with Crippen LogP contribution in [0.4, 0.5) is 8.78 Å². The molecule has 98 valence electrons. The number of alkyl halides is 2. The molecule has 0 aliphatic rings. The molecular formula is C11H10F2O5. The van der Waals surface area contributed by atoms with Gasteiger partial charge in [0.2, 0.25) is 0 Å². The predicted molar refractivity (Wildman–Crippen MR) is 55.8 cm³/mol. The highest BCUT2D eigenvalue weighted by Crippen LogP contribution is 2.28. The maximum absolute atomic E-state index is 12.1. The number of aryl methyl sites for hydroxylation is 1. The summed E-state index contributed by atoms with van der Waals surface area (Å²) >= 11 is 0. The molecule has 0 bridgehead atoms. The average Bonchev–Trinajstić information content (AvgIpc) is 2.29. The third kappa shape index (κ3) is 3.01. The van der Waals surface area contributed by atoms with Crippen molar-refractivity contribution < 1.29 is 33.3 Å². The smallest absolute Gasteiger partial charge is 0.387 e. The summed E-state index contributed by atoms with van der Waals surface area (Å²) in [5.41, 5.74) is 0.0338. The second kappa shape index (κ2) is 5.54. The van der Waals surface area contributed by atoms with E-state index in [1.54, 1.807) is 0 Å². The van der Waals surface area contributed by atoms with Gasteiger partial charge in [-0.25, -0.2) is 4.79 Å². The molecule has 0 saturated carbocycles. The van der Waals surface area contributed by atoms with Crippen LogP contribution in [0.1, 0.15) is 27.6 Å². The Morgan fingerprint density at radius 2 is 2.06 bits per heavy atom. The molecule has 1 aromatic carbocycles. The molecular weight excluding hydrogens is 250 g/mol. The molecule has 0 spiro atoms. The zero-order chi connectivity index (χ0) is 13.9. The Balaban J connectivity index is 3.29. The number of carboxylic acids is 1. The summed E-state index contributed by atoms with van der Waals surface area (Å²) in [7, 11) is 0. The Hall–Kier alpha value is -2.02. The first-order valence-corrected chi connectivity index (χ1v) is 4.82. The van der Waals surface area contributed by atoms with Gasteiger partial charge in [-0.2, -0.15) is 8.78 Å². The van der Waals surface area contributed by atoms with Crippen molar-refractivity contribution in [2.45, 2.75) is 19.6 Å². The monoisotopic (exact) mass is 260 g/mol. The third-order valence-electron chi connectivity index (χ3n) is 2.27. The average molecular weight is 260 g/mol. The first-order valence-electron chi connectivity index (χ1n) is 4.82. The van der Waals surface area contributed by atoms with Crippen LogP contribution >= 0.6 is 0 Å². The van der Waals surface area contributed by atoms with Gasteiger partial charge >= 0.3 is 12.6 Å². The summed E-state index contributed by atoms with van der Waals surface area (Å²) < 4.78 is 28.3. The molecule has 0 radical (unpaired) electrons. The van der Waals surface area contributed by atoms with Crippen molar-refractivity contribution in [3.63, 3.8) is 0 Å². The summed E-state index contributed by atoms with van der Waals surface area (Å²) in [6.45, 7) is -1.71.